The molecule has 28 heavy (non-hydrogen) atoms. The molecule has 0 atom stereocenters. The second-order valence-electron chi connectivity index (χ2n) is 6.28. The summed E-state index contributed by atoms with van der Waals surface area (Å²) in [7, 11) is 0. The van der Waals surface area contributed by atoms with E-state index in [0.717, 1.165) is 11.6 Å². The number of imidazole rings is 1. The monoisotopic (exact) mass is 381 g/mol. The standard InChI is InChI=1S/C21H14F3N3O/c1-12-9-10-27-17(11-12)25-19(14-6-4-8-16(23)18(14)24)20(27)26-21(28)13-5-2-3-7-15(13)22/h2-11H,1H3,(H,26,28). The molecule has 0 unspecified atom stereocenters. The summed E-state index contributed by atoms with van der Waals surface area (Å²) < 4.78 is 43.7. The van der Waals surface area contributed by atoms with Crippen LogP contribution in [0.4, 0.5) is 19.0 Å². The average molecular weight is 381 g/mol. The summed E-state index contributed by atoms with van der Waals surface area (Å²) in [6.45, 7) is 1.86. The van der Waals surface area contributed by atoms with E-state index in [9.17, 15) is 18.0 Å². The smallest absolute Gasteiger partial charge is 0.259 e. The largest absolute Gasteiger partial charge is 0.306 e. The van der Waals surface area contributed by atoms with Gasteiger partial charge in [-0.3, -0.25) is 9.20 Å². The molecule has 1 N–H and O–H groups in total. The van der Waals surface area contributed by atoms with Gasteiger partial charge in [0.25, 0.3) is 5.91 Å². The second-order valence-corrected chi connectivity index (χ2v) is 6.28. The molecule has 0 aliphatic carbocycles. The van der Waals surface area contributed by atoms with Gasteiger partial charge in [0, 0.05) is 11.8 Å². The molecule has 2 aromatic carbocycles. The number of carbonyl (C=O) groups is 1. The lowest BCUT2D eigenvalue weighted by atomic mass is 10.1. The lowest BCUT2D eigenvalue weighted by Gasteiger charge is -2.09. The number of nitrogens with one attached hydrogen (secondary N) is 1. The Labute approximate surface area is 158 Å². The van der Waals surface area contributed by atoms with Gasteiger partial charge in [-0.05, 0) is 48.9 Å². The fraction of sp³-hybridized carbons (Fsp3) is 0.0476. The van der Waals surface area contributed by atoms with Crippen LogP contribution in [-0.4, -0.2) is 15.3 Å². The Kier molecular flexibility index (Phi) is 4.35. The van der Waals surface area contributed by atoms with E-state index in [1.54, 1.807) is 18.3 Å². The zero-order valence-electron chi connectivity index (χ0n) is 14.7. The van der Waals surface area contributed by atoms with Gasteiger partial charge in [0.15, 0.2) is 11.6 Å². The molecular weight excluding hydrogens is 367 g/mol. The summed E-state index contributed by atoms with van der Waals surface area (Å²) in [6.07, 6.45) is 1.65. The number of fused-ring (bicyclic) bond motifs is 1. The molecule has 0 bridgehead atoms. The summed E-state index contributed by atoms with van der Waals surface area (Å²) in [5, 5.41) is 2.59. The zero-order chi connectivity index (χ0) is 19.8. The highest BCUT2D eigenvalue weighted by molar-refractivity contribution is 6.06. The first-order valence-electron chi connectivity index (χ1n) is 8.44. The quantitative estimate of drug-likeness (QED) is 0.544. The molecule has 2 heterocycles. The summed E-state index contributed by atoms with van der Waals surface area (Å²) in [4.78, 5) is 17.0. The van der Waals surface area contributed by atoms with Gasteiger partial charge < -0.3 is 5.32 Å². The third-order valence-corrected chi connectivity index (χ3v) is 4.34. The van der Waals surface area contributed by atoms with E-state index in [2.05, 4.69) is 10.3 Å². The van der Waals surface area contributed by atoms with Crippen LogP contribution in [0.1, 0.15) is 15.9 Å². The molecule has 2 aromatic heterocycles. The van der Waals surface area contributed by atoms with Crippen molar-refractivity contribution in [1.82, 2.24) is 9.38 Å². The number of amides is 1. The number of hydrogen-bond acceptors (Lipinski definition) is 2. The van der Waals surface area contributed by atoms with Gasteiger partial charge in [-0.2, -0.15) is 0 Å². The molecule has 0 aliphatic heterocycles. The molecule has 4 rings (SSSR count). The number of anilines is 1. The van der Waals surface area contributed by atoms with Crippen molar-refractivity contribution in [2.75, 3.05) is 5.32 Å². The predicted octanol–water partition coefficient (Wildman–Crippen LogP) is 4.98. The van der Waals surface area contributed by atoms with Crippen molar-refractivity contribution in [3.63, 3.8) is 0 Å². The number of pyridine rings is 1. The molecule has 0 aliphatic rings. The first-order valence-corrected chi connectivity index (χ1v) is 8.44. The Morgan fingerprint density at radius 1 is 1.00 bits per heavy atom. The van der Waals surface area contributed by atoms with Crippen LogP contribution in [0, 0.1) is 24.4 Å². The minimum atomic E-state index is -1.08. The topological polar surface area (TPSA) is 46.4 Å². The number of carbonyl (C=O) groups excluding carboxylic acids is 1. The SMILES string of the molecule is Cc1ccn2c(NC(=O)c3ccccc3F)c(-c3cccc(F)c3F)nc2c1. The van der Waals surface area contributed by atoms with Gasteiger partial charge in [0.1, 0.15) is 23.0 Å². The second kappa shape index (κ2) is 6.84. The Morgan fingerprint density at radius 3 is 2.54 bits per heavy atom. The number of halogens is 3. The number of aromatic nitrogens is 2. The number of benzene rings is 2. The average Bonchev–Trinajstić information content (AvgIpc) is 3.01. The Bertz CT molecular complexity index is 1220. The van der Waals surface area contributed by atoms with E-state index >= 15 is 0 Å². The molecule has 0 spiro atoms. The Hall–Kier alpha value is -3.61. The highest BCUT2D eigenvalue weighted by atomic mass is 19.2. The van der Waals surface area contributed by atoms with Gasteiger partial charge in [-0.25, -0.2) is 18.2 Å². The van der Waals surface area contributed by atoms with Crippen molar-refractivity contribution in [3.05, 3.63) is 89.4 Å². The van der Waals surface area contributed by atoms with Crippen molar-refractivity contribution in [2.45, 2.75) is 6.92 Å². The first kappa shape index (κ1) is 17.8. The number of rotatable bonds is 3. The maximum absolute atomic E-state index is 14.4. The van der Waals surface area contributed by atoms with Crippen molar-refractivity contribution in [3.8, 4) is 11.3 Å². The normalized spacial score (nSPS) is 11.0. The Balaban J connectivity index is 1.90. The third-order valence-electron chi connectivity index (χ3n) is 4.34. The van der Waals surface area contributed by atoms with E-state index in [1.165, 1.54) is 40.8 Å². The predicted molar refractivity (Wildman–Crippen MR) is 99.6 cm³/mol. The summed E-state index contributed by atoms with van der Waals surface area (Å²) in [5.74, 6) is -3.41. The molecule has 7 heteroatoms. The van der Waals surface area contributed by atoms with Crippen LogP contribution in [0.3, 0.4) is 0 Å². The van der Waals surface area contributed by atoms with E-state index < -0.39 is 23.4 Å². The van der Waals surface area contributed by atoms with E-state index in [4.69, 9.17) is 0 Å². The van der Waals surface area contributed by atoms with Gasteiger partial charge in [-0.15, -0.1) is 0 Å². The van der Waals surface area contributed by atoms with Crippen LogP contribution < -0.4 is 5.32 Å². The molecule has 0 fully saturated rings. The van der Waals surface area contributed by atoms with E-state index in [0.29, 0.717) is 5.65 Å². The molecular formula is C21H14F3N3O. The number of aryl methyl sites for hydroxylation is 1. The summed E-state index contributed by atoms with van der Waals surface area (Å²) >= 11 is 0. The van der Waals surface area contributed by atoms with Crippen molar-refractivity contribution < 1.29 is 18.0 Å². The minimum absolute atomic E-state index is 0.0484. The molecule has 140 valence electrons. The molecule has 0 radical (unpaired) electrons. The van der Waals surface area contributed by atoms with Crippen LogP contribution in [0.15, 0.2) is 60.8 Å². The molecule has 4 nitrogen and oxygen atoms in total. The maximum Gasteiger partial charge on any atom is 0.259 e. The molecule has 0 saturated heterocycles. The Morgan fingerprint density at radius 2 is 1.75 bits per heavy atom. The van der Waals surface area contributed by atoms with Gasteiger partial charge in [0.05, 0.1) is 5.56 Å². The van der Waals surface area contributed by atoms with Crippen LogP contribution >= 0.6 is 0 Å². The summed E-state index contributed by atoms with van der Waals surface area (Å²) in [6, 6.07) is 12.7. The molecule has 4 aromatic rings. The fourth-order valence-electron chi connectivity index (χ4n) is 2.96. The number of hydrogen-bond donors (Lipinski definition) is 1. The fourth-order valence-corrected chi connectivity index (χ4v) is 2.96. The van der Waals surface area contributed by atoms with Gasteiger partial charge in [-0.1, -0.05) is 18.2 Å². The third kappa shape index (κ3) is 3.00. The molecule has 0 saturated carbocycles. The van der Waals surface area contributed by atoms with Crippen LogP contribution in [-0.2, 0) is 0 Å². The van der Waals surface area contributed by atoms with Crippen molar-refractivity contribution in [2.24, 2.45) is 0 Å². The highest BCUT2D eigenvalue weighted by Crippen LogP contribution is 2.32. The summed E-state index contributed by atoms with van der Waals surface area (Å²) in [5.41, 5.74) is 1.10. The maximum atomic E-state index is 14.4. The van der Waals surface area contributed by atoms with Crippen LogP contribution in [0.25, 0.3) is 16.9 Å². The molecule has 1 amide bonds. The van der Waals surface area contributed by atoms with Crippen LogP contribution in [0.5, 0.6) is 0 Å². The lowest BCUT2D eigenvalue weighted by Crippen LogP contribution is -2.15. The van der Waals surface area contributed by atoms with Gasteiger partial charge in [0.2, 0.25) is 0 Å². The zero-order valence-corrected chi connectivity index (χ0v) is 14.7. The van der Waals surface area contributed by atoms with Crippen molar-refractivity contribution in [1.29, 1.82) is 0 Å². The van der Waals surface area contributed by atoms with Crippen molar-refractivity contribution >= 4 is 17.4 Å². The minimum Gasteiger partial charge on any atom is -0.306 e. The van der Waals surface area contributed by atoms with Gasteiger partial charge >= 0.3 is 0 Å². The van der Waals surface area contributed by atoms with E-state index in [-0.39, 0.29) is 22.6 Å². The first-order chi connectivity index (χ1) is 13.5. The number of nitrogens with zero attached hydrogens (tertiary/aromatic N) is 2. The highest BCUT2D eigenvalue weighted by Gasteiger charge is 2.22. The van der Waals surface area contributed by atoms with E-state index in [1.807, 2.05) is 6.92 Å². The lowest BCUT2D eigenvalue weighted by molar-refractivity contribution is 0.102. The van der Waals surface area contributed by atoms with Crippen LogP contribution in [0.2, 0.25) is 0 Å².